The fourth-order valence-corrected chi connectivity index (χ4v) is 3.86. The van der Waals surface area contributed by atoms with Gasteiger partial charge in [0.15, 0.2) is 0 Å². The van der Waals surface area contributed by atoms with E-state index in [9.17, 15) is 19.8 Å². The van der Waals surface area contributed by atoms with Gasteiger partial charge in [-0.3, -0.25) is 10.1 Å². The molecule has 26 heavy (non-hydrogen) atoms. The van der Waals surface area contributed by atoms with Crippen molar-refractivity contribution in [3.05, 3.63) is 69.8 Å². The van der Waals surface area contributed by atoms with E-state index in [4.69, 9.17) is 4.52 Å². The molecule has 0 heterocycles. The van der Waals surface area contributed by atoms with Crippen molar-refractivity contribution < 1.29 is 19.1 Å². The first-order chi connectivity index (χ1) is 12.2. The Hall–Kier alpha value is -2.25. The lowest BCUT2D eigenvalue weighted by molar-refractivity contribution is -0.384. The molecule has 0 amide bonds. The molecule has 0 saturated carbocycles. The highest BCUT2D eigenvalue weighted by Gasteiger charge is 2.32. The minimum atomic E-state index is -3.30. The number of benzene rings is 2. The SMILES string of the molecule is CN(C)P(=O)(Oc1ccccc1C(O)c1ccc([N+](=O)[O-])cc1)N(C)C. The lowest BCUT2D eigenvalue weighted by Gasteiger charge is -2.30. The predicted molar refractivity (Wildman–Crippen MR) is 99.2 cm³/mol. The summed E-state index contributed by atoms with van der Waals surface area (Å²) in [7, 11) is 3.30. The van der Waals surface area contributed by atoms with Crippen molar-refractivity contribution in [3.63, 3.8) is 0 Å². The van der Waals surface area contributed by atoms with E-state index < -0.39 is 18.7 Å². The van der Waals surface area contributed by atoms with Gasteiger partial charge >= 0.3 is 7.67 Å². The highest BCUT2D eigenvalue weighted by Crippen LogP contribution is 2.51. The fraction of sp³-hybridized carbons (Fsp3) is 0.294. The topological polar surface area (TPSA) is 96.1 Å². The minimum Gasteiger partial charge on any atom is -0.421 e. The van der Waals surface area contributed by atoms with Crippen LogP contribution in [0.5, 0.6) is 5.75 Å². The van der Waals surface area contributed by atoms with Crippen molar-refractivity contribution in [1.82, 2.24) is 9.34 Å². The third kappa shape index (κ3) is 4.11. The molecule has 8 nitrogen and oxygen atoms in total. The van der Waals surface area contributed by atoms with Crippen LogP contribution in [0, 0.1) is 10.1 Å². The van der Waals surface area contributed by atoms with Gasteiger partial charge in [0.2, 0.25) is 0 Å². The Labute approximate surface area is 152 Å². The lowest BCUT2D eigenvalue weighted by atomic mass is 10.0. The molecule has 0 fully saturated rings. The van der Waals surface area contributed by atoms with Gasteiger partial charge in [-0.1, -0.05) is 18.2 Å². The number of non-ortho nitro benzene ring substituents is 1. The van der Waals surface area contributed by atoms with Crippen LogP contribution in [0.15, 0.2) is 48.5 Å². The molecule has 0 aliphatic heterocycles. The van der Waals surface area contributed by atoms with Crippen LogP contribution in [0.2, 0.25) is 0 Å². The van der Waals surface area contributed by atoms with Crippen LogP contribution in [0.3, 0.4) is 0 Å². The number of aliphatic hydroxyl groups excluding tert-OH is 1. The van der Waals surface area contributed by atoms with Crippen molar-refractivity contribution in [2.24, 2.45) is 0 Å². The van der Waals surface area contributed by atoms with Gasteiger partial charge in [-0.2, -0.15) is 0 Å². The first-order valence-corrected chi connectivity index (χ1v) is 9.36. The smallest absolute Gasteiger partial charge is 0.394 e. The lowest BCUT2D eigenvalue weighted by Crippen LogP contribution is -2.25. The summed E-state index contributed by atoms with van der Waals surface area (Å²) in [6.45, 7) is 0. The molecule has 0 saturated heterocycles. The van der Waals surface area contributed by atoms with Gasteiger partial charge < -0.3 is 9.63 Å². The maximum absolute atomic E-state index is 13.1. The highest BCUT2D eigenvalue weighted by molar-refractivity contribution is 7.54. The van der Waals surface area contributed by atoms with Crippen molar-refractivity contribution in [2.45, 2.75) is 6.10 Å². The number of rotatable bonds is 7. The molecular formula is C17H22N3O5P. The number of nitro groups is 1. The summed E-state index contributed by atoms with van der Waals surface area (Å²) >= 11 is 0. The second kappa shape index (κ2) is 7.97. The highest BCUT2D eigenvalue weighted by atomic mass is 31.2. The summed E-state index contributed by atoms with van der Waals surface area (Å²) in [4.78, 5) is 10.3. The molecule has 140 valence electrons. The second-order valence-electron chi connectivity index (χ2n) is 6.07. The largest absolute Gasteiger partial charge is 0.421 e. The van der Waals surface area contributed by atoms with Crippen molar-refractivity contribution in [2.75, 3.05) is 28.2 Å². The van der Waals surface area contributed by atoms with E-state index in [0.29, 0.717) is 11.1 Å². The quantitative estimate of drug-likeness (QED) is 0.448. The monoisotopic (exact) mass is 379 g/mol. The van der Waals surface area contributed by atoms with E-state index in [-0.39, 0.29) is 11.4 Å². The van der Waals surface area contributed by atoms with Crippen LogP contribution >= 0.6 is 7.67 Å². The third-order valence-corrected chi connectivity index (χ3v) is 6.32. The molecule has 2 aromatic rings. The zero-order valence-corrected chi connectivity index (χ0v) is 16.0. The molecule has 0 aliphatic rings. The third-order valence-electron chi connectivity index (χ3n) is 3.86. The summed E-state index contributed by atoms with van der Waals surface area (Å²) in [5, 5.41) is 21.5. The second-order valence-corrected chi connectivity index (χ2v) is 8.83. The molecule has 1 unspecified atom stereocenters. The van der Waals surface area contributed by atoms with Crippen molar-refractivity contribution in [1.29, 1.82) is 0 Å². The van der Waals surface area contributed by atoms with Crippen molar-refractivity contribution >= 4 is 13.4 Å². The average molecular weight is 379 g/mol. The Morgan fingerprint density at radius 2 is 1.58 bits per heavy atom. The summed E-state index contributed by atoms with van der Waals surface area (Å²) in [5.74, 6) is 0.282. The summed E-state index contributed by atoms with van der Waals surface area (Å²) in [6.07, 6.45) is -1.08. The van der Waals surface area contributed by atoms with Gasteiger partial charge in [0.25, 0.3) is 5.69 Å². The Kier molecular flexibility index (Phi) is 6.15. The number of aliphatic hydroxyl groups is 1. The number of para-hydroxylation sites is 1. The van der Waals surface area contributed by atoms with Gasteiger partial charge in [0.1, 0.15) is 11.9 Å². The minimum absolute atomic E-state index is 0.0600. The number of hydrogen-bond acceptors (Lipinski definition) is 5. The van der Waals surface area contributed by atoms with Gasteiger partial charge in [-0.05, 0) is 52.0 Å². The average Bonchev–Trinajstić information content (AvgIpc) is 2.61. The van der Waals surface area contributed by atoms with E-state index in [2.05, 4.69) is 0 Å². The Balaban J connectivity index is 2.39. The van der Waals surface area contributed by atoms with Crippen LogP contribution in [0.1, 0.15) is 17.2 Å². The van der Waals surface area contributed by atoms with Crippen LogP contribution in [0.4, 0.5) is 5.69 Å². The van der Waals surface area contributed by atoms with Gasteiger partial charge in [0.05, 0.1) is 4.92 Å². The standard InChI is InChI=1S/C17H22N3O5P/c1-18(2)26(24,19(3)4)25-16-8-6-5-7-15(16)17(21)13-9-11-14(12-10-13)20(22)23/h5-12,17,21H,1-4H3. The van der Waals surface area contributed by atoms with Crippen LogP contribution in [-0.4, -0.2) is 47.6 Å². The van der Waals surface area contributed by atoms with E-state index in [0.717, 1.165) is 0 Å². The maximum atomic E-state index is 13.1. The molecule has 0 radical (unpaired) electrons. The van der Waals surface area contributed by atoms with Crippen molar-refractivity contribution in [3.8, 4) is 5.75 Å². The summed E-state index contributed by atoms with van der Waals surface area (Å²) in [6, 6.07) is 12.4. The first-order valence-electron chi connectivity index (χ1n) is 7.83. The van der Waals surface area contributed by atoms with E-state index in [1.807, 2.05) is 0 Å². The summed E-state index contributed by atoms with van der Waals surface area (Å²) in [5.41, 5.74) is 0.830. The Morgan fingerprint density at radius 3 is 2.08 bits per heavy atom. The number of nitrogens with zero attached hydrogens (tertiary/aromatic N) is 3. The molecular weight excluding hydrogens is 357 g/mol. The van der Waals surface area contributed by atoms with Crippen LogP contribution in [-0.2, 0) is 4.57 Å². The first kappa shape index (κ1) is 20.1. The molecule has 0 spiro atoms. The fourth-order valence-electron chi connectivity index (χ4n) is 2.40. The normalized spacial score (nSPS) is 13.0. The van der Waals surface area contributed by atoms with Gasteiger partial charge in [-0.25, -0.2) is 13.9 Å². The van der Waals surface area contributed by atoms with Gasteiger partial charge in [-0.15, -0.1) is 0 Å². The number of nitro benzene ring substituents is 1. The van der Waals surface area contributed by atoms with Crippen LogP contribution in [0.25, 0.3) is 0 Å². The van der Waals surface area contributed by atoms with E-state index >= 15 is 0 Å². The predicted octanol–water partition coefficient (Wildman–Crippen LogP) is 3.29. The van der Waals surface area contributed by atoms with Crippen LogP contribution < -0.4 is 4.52 Å². The molecule has 0 bridgehead atoms. The van der Waals surface area contributed by atoms with Gasteiger partial charge in [0, 0.05) is 17.7 Å². The van der Waals surface area contributed by atoms with E-state index in [1.165, 1.54) is 33.6 Å². The Morgan fingerprint density at radius 1 is 1.04 bits per heavy atom. The Bertz CT molecular complexity index is 811. The molecule has 2 aromatic carbocycles. The molecule has 2 rings (SSSR count). The molecule has 1 atom stereocenters. The summed E-state index contributed by atoms with van der Waals surface area (Å²) < 4.78 is 21.9. The molecule has 0 aliphatic carbocycles. The zero-order chi connectivity index (χ0) is 19.5. The zero-order valence-electron chi connectivity index (χ0n) is 15.1. The number of hydrogen-bond donors (Lipinski definition) is 1. The molecule has 1 N–H and O–H groups in total. The molecule has 0 aromatic heterocycles. The molecule has 9 heteroatoms. The van der Waals surface area contributed by atoms with E-state index in [1.54, 1.807) is 52.5 Å². The maximum Gasteiger partial charge on any atom is 0.394 e.